The Morgan fingerprint density at radius 3 is 1.91 bits per heavy atom. The Balaban J connectivity index is 0.000000433. The van der Waals surface area contributed by atoms with Crippen LogP contribution in [0.25, 0.3) is 20.5 Å². The molecular weight excluding hydrogens is 397 g/mol. The van der Waals surface area contributed by atoms with Crippen molar-refractivity contribution in [1.29, 1.82) is 0 Å². The van der Waals surface area contributed by atoms with Crippen LogP contribution < -0.4 is 12.6 Å². The average Bonchev–Trinajstić information content (AvgIpc) is 2.87. The SMILES string of the molecule is FC(F)(F)[s+]1c(-c2ccccc2)cc2ccccc21.[O-][Br+2]([O-])[O-]. The van der Waals surface area contributed by atoms with Gasteiger partial charge in [0.05, 0.1) is 0 Å². The summed E-state index contributed by atoms with van der Waals surface area (Å²) in [6.45, 7) is 0. The van der Waals surface area contributed by atoms with E-state index in [1.165, 1.54) is 0 Å². The van der Waals surface area contributed by atoms with Crippen molar-refractivity contribution in [1.82, 2.24) is 0 Å². The molecule has 3 aromatic rings. The molecule has 0 saturated carbocycles. The standard InChI is InChI=1S/C15H10F3S.BrO3/c16-15(17,18)19-13-9-5-4-8-12(13)10-14(19)11-6-2-1-3-7-11;2-1(3)4/h1-10H;/q+1;-1. The quantitative estimate of drug-likeness (QED) is 0.581. The zero-order valence-electron chi connectivity index (χ0n) is 11.4. The topological polar surface area (TPSA) is 69.2 Å². The molecule has 1 heterocycles. The van der Waals surface area contributed by atoms with E-state index < -0.39 is 30.8 Å². The van der Waals surface area contributed by atoms with Crippen LogP contribution in [0.5, 0.6) is 0 Å². The molecule has 1 atom stereocenters. The summed E-state index contributed by atoms with van der Waals surface area (Å²) in [7, 11) is -1.85. The molecule has 1 unspecified atom stereocenters. The molecule has 3 rings (SSSR count). The Hall–Kier alpha value is -1.45. The van der Waals surface area contributed by atoms with E-state index in [4.69, 9.17) is 12.6 Å². The number of hydrogen-bond donors (Lipinski definition) is 0. The van der Waals surface area contributed by atoms with Crippen molar-refractivity contribution in [2.45, 2.75) is 5.51 Å². The number of thiophene rings is 1. The molecular formula is C15H10BrF3O3S. The lowest BCUT2D eigenvalue weighted by Crippen LogP contribution is -2.42. The van der Waals surface area contributed by atoms with Gasteiger partial charge in [-0.05, 0) is 24.3 Å². The summed E-state index contributed by atoms with van der Waals surface area (Å²) >= 11 is -3.65. The first-order valence-electron chi connectivity index (χ1n) is 6.21. The van der Waals surface area contributed by atoms with Crippen LogP contribution in [0.4, 0.5) is 13.2 Å². The van der Waals surface area contributed by atoms with Crippen molar-refractivity contribution >= 4 is 20.6 Å². The summed E-state index contributed by atoms with van der Waals surface area (Å²) in [5.74, 6) is 0. The second-order valence-corrected chi connectivity index (χ2v) is 7.10. The Kier molecular flexibility index (Phi) is 5.77. The van der Waals surface area contributed by atoms with E-state index in [0.29, 0.717) is 20.5 Å². The first kappa shape index (κ1) is 17.9. The van der Waals surface area contributed by atoms with E-state index in [1.807, 2.05) is 0 Å². The molecule has 0 fully saturated rings. The van der Waals surface area contributed by atoms with Crippen molar-refractivity contribution in [2.24, 2.45) is 0 Å². The number of rotatable bonds is 1. The van der Waals surface area contributed by atoms with E-state index in [9.17, 15) is 13.2 Å². The highest BCUT2D eigenvalue weighted by Gasteiger charge is 2.48. The van der Waals surface area contributed by atoms with Crippen LogP contribution in [0.3, 0.4) is 0 Å². The molecule has 0 amide bonds. The molecule has 0 N–H and O–H groups in total. The minimum Gasteiger partial charge on any atom is -0.405 e. The molecule has 0 aliphatic heterocycles. The van der Waals surface area contributed by atoms with Gasteiger partial charge in [0.15, 0.2) is 9.58 Å². The number of hydrogen-bond acceptors (Lipinski definition) is 3. The zero-order valence-corrected chi connectivity index (χ0v) is 13.8. The summed E-state index contributed by atoms with van der Waals surface area (Å²) < 4.78 is 66.0. The van der Waals surface area contributed by atoms with E-state index >= 15 is 0 Å². The molecule has 122 valence electrons. The molecule has 1 aromatic heterocycles. The van der Waals surface area contributed by atoms with Gasteiger partial charge in [0.25, 0.3) is 0 Å². The molecule has 0 radical (unpaired) electrons. The number of benzene rings is 2. The summed E-state index contributed by atoms with van der Waals surface area (Å²) in [5, 5.41) is 0.669. The third-order valence-corrected chi connectivity index (χ3v) is 5.00. The van der Waals surface area contributed by atoms with Crippen LogP contribution in [-0.4, -0.2) is 0 Å². The summed E-state index contributed by atoms with van der Waals surface area (Å²) in [6, 6.07) is 17.2. The van der Waals surface area contributed by atoms with Crippen LogP contribution in [0.1, 0.15) is 0 Å². The van der Waals surface area contributed by atoms with Crippen LogP contribution in [0.2, 0.25) is 0 Å². The van der Waals surface area contributed by atoms with Crippen molar-refractivity contribution in [3.8, 4) is 10.4 Å². The molecule has 0 bridgehead atoms. The molecule has 0 aliphatic carbocycles. The number of halogens is 4. The smallest absolute Gasteiger partial charge is 0.405 e. The maximum absolute atomic E-state index is 13.3. The van der Waals surface area contributed by atoms with E-state index in [-0.39, 0.29) is 0 Å². The zero-order chi connectivity index (χ0) is 17.0. The summed E-state index contributed by atoms with van der Waals surface area (Å²) in [6.07, 6.45) is 0. The Morgan fingerprint density at radius 2 is 1.35 bits per heavy atom. The van der Waals surface area contributed by atoms with Gasteiger partial charge in [-0.15, -0.1) is 13.2 Å². The third kappa shape index (κ3) is 4.52. The minimum absolute atomic E-state index is 0.356. The minimum atomic E-state index is -4.24. The highest BCUT2D eigenvalue weighted by atomic mass is 80.0. The molecule has 0 aliphatic rings. The van der Waals surface area contributed by atoms with Crippen molar-refractivity contribution < 1.29 is 40.6 Å². The van der Waals surface area contributed by atoms with E-state index in [0.717, 1.165) is 0 Å². The van der Waals surface area contributed by atoms with Gasteiger partial charge in [-0.25, -0.2) is 0 Å². The maximum Gasteiger partial charge on any atom is 0.601 e. The van der Waals surface area contributed by atoms with Gasteiger partial charge >= 0.3 is 5.51 Å². The highest BCUT2D eigenvalue weighted by molar-refractivity contribution is 7.41. The van der Waals surface area contributed by atoms with Gasteiger partial charge in [0, 0.05) is 17.0 Å². The fourth-order valence-corrected chi connectivity index (χ4v) is 4.09. The van der Waals surface area contributed by atoms with Crippen LogP contribution >= 0.6 is 10.5 Å². The Labute approximate surface area is 138 Å². The van der Waals surface area contributed by atoms with Crippen molar-refractivity contribution in [3.05, 3.63) is 60.7 Å². The predicted octanol–water partition coefficient (Wildman–Crippen LogP) is 2.17. The lowest BCUT2D eigenvalue weighted by molar-refractivity contribution is -1.73. The third-order valence-electron chi connectivity index (χ3n) is 2.94. The first-order valence-corrected chi connectivity index (χ1v) is 9.37. The number of fused-ring (bicyclic) bond motifs is 1. The molecule has 23 heavy (non-hydrogen) atoms. The second-order valence-electron chi connectivity index (χ2n) is 4.35. The first-order chi connectivity index (χ1) is 10.8. The Bertz CT molecular complexity index is 770. The van der Waals surface area contributed by atoms with Gasteiger partial charge in [-0.3, -0.25) is 0 Å². The molecule has 0 spiro atoms. The molecule has 0 saturated heterocycles. The predicted molar refractivity (Wildman–Crippen MR) is 73.2 cm³/mol. The van der Waals surface area contributed by atoms with Crippen LogP contribution in [0, 0.1) is 14.8 Å². The van der Waals surface area contributed by atoms with Gasteiger partial charge in [-0.1, -0.05) is 30.3 Å². The second kappa shape index (κ2) is 7.41. The van der Waals surface area contributed by atoms with Gasteiger partial charge in [0.2, 0.25) is 14.8 Å². The van der Waals surface area contributed by atoms with Crippen LogP contribution in [-0.2, 0) is 5.51 Å². The molecule has 3 nitrogen and oxygen atoms in total. The normalized spacial score (nSPS) is 12.2. The highest BCUT2D eigenvalue weighted by Crippen LogP contribution is 2.54. The lowest BCUT2D eigenvalue weighted by Gasteiger charge is -2.00. The Morgan fingerprint density at radius 1 is 0.826 bits per heavy atom. The number of alkyl halides is 3. The van der Waals surface area contributed by atoms with Crippen molar-refractivity contribution in [3.63, 3.8) is 0 Å². The monoisotopic (exact) mass is 406 g/mol. The van der Waals surface area contributed by atoms with E-state index in [1.54, 1.807) is 60.7 Å². The fraction of sp³-hybridized carbons (Fsp3) is 0.0667. The van der Waals surface area contributed by atoms with Gasteiger partial charge in [-0.2, -0.15) is 0 Å². The van der Waals surface area contributed by atoms with Gasteiger partial charge in [0.1, 0.15) is 10.5 Å². The van der Waals surface area contributed by atoms with Crippen molar-refractivity contribution in [2.75, 3.05) is 0 Å². The lowest BCUT2D eigenvalue weighted by atomic mass is 10.2. The van der Waals surface area contributed by atoms with Crippen LogP contribution in [0.15, 0.2) is 60.7 Å². The molecule has 8 heteroatoms. The summed E-state index contributed by atoms with van der Waals surface area (Å²) in [4.78, 5) is 0.356. The average molecular weight is 407 g/mol. The van der Waals surface area contributed by atoms with Gasteiger partial charge < -0.3 is 12.6 Å². The molecule has 2 aromatic carbocycles. The summed E-state index contributed by atoms with van der Waals surface area (Å²) in [5.41, 5.74) is -3.60. The fourth-order valence-electron chi connectivity index (χ4n) is 2.16. The maximum atomic E-state index is 13.3. The largest absolute Gasteiger partial charge is 0.601 e. The van der Waals surface area contributed by atoms with E-state index in [2.05, 4.69) is 0 Å².